The topological polar surface area (TPSA) is 57.2 Å². The lowest BCUT2D eigenvalue weighted by atomic mass is 10.1. The van der Waals surface area contributed by atoms with Crippen molar-refractivity contribution in [3.05, 3.63) is 36.2 Å². The summed E-state index contributed by atoms with van der Waals surface area (Å²) in [7, 11) is 0. The Morgan fingerprint density at radius 3 is 3.00 bits per heavy atom. The van der Waals surface area contributed by atoms with Gasteiger partial charge in [0.1, 0.15) is 6.26 Å². The van der Waals surface area contributed by atoms with Crippen molar-refractivity contribution < 1.29 is 9.53 Å². The summed E-state index contributed by atoms with van der Waals surface area (Å²) >= 11 is 0. The van der Waals surface area contributed by atoms with Gasteiger partial charge in [0.2, 0.25) is 0 Å². The number of primary amides is 1. The van der Waals surface area contributed by atoms with Crippen molar-refractivity contribution in [1.82, 2.24) is 4.57 Å². The molecule has 1 aromatic heterocycles. The first-order valence-electron chi connectivity index (χ1n) is 4.54. The van der Waals surface area contributed by atoms with Gasteiger partial charge in [-0.3, -0.25) is 4.79 Å². The van der Waals surface area contributed by atoms with E-state index in [1.807, 2.05) is 22.9 Å². The van der Waals surface area contributed by atoms with Crippen LogP contribution in [0.3, 0.4) is 0 Å². The lowest BCUT2D eigenvalue weighted by Crippen LogP contribution is -2.13. The van der Waals surface area contributed by atoms with Crippen LogP contribution in [-0.4, -0.2) is 10.5 Å². The minimum atomic E-state index is -0.477. The number of carbonyl (C=O) groups excluding carboxylic acids is 1. The Morgan fingerprint density at radius 2 is 2.20 bits per heavy atom. The van der Waals surface area contributed by atoms with Crippen LogP contribution < -0.4 is 10.5 Å². The third-order valence-corrected chi connectivity index (χ3v) is 2.51. The lowest BCUT2D eigenvalue weighted by molar-refractivity contribution is 0.0998. The number of nitrogens with two attached hydrogens (primary N) is 1. The number of carbonyl (C=O) groups is 1. The number of amides is 1. The molecule has 3 rings (SSSR count). The van der Waals surface area contributed by atoms with E-state index in [0.717, 1.165) is 10.9 Å². The van der Waals surface area contributed by atoms with Crippen molar-refractivity contribution in [3.8, 4) is 5.75 Å². The van der Waals surface area contributed by atoms with E-state index in [2.05, 4.69) is 0 Å². The molecule has 0 atom stereocenters. The van der Waals surface area contributed by atoms with Gasteiger partial charge in [-0.2, -0.15) is 0 Å². The third-order valence-electron chi connectivity index (χ3n) is 2.51. The molecule has 15 heavy (non-hydrogen) atoms. The maximum absolute atomic E-state index is 11.2. The number of rotatable bonds is 1. The number of nitrogens with zero attached hydrogens (tertiary/aromatic N) is 1. The molecule has 0 saturated heterocycles. The van der Waals surface area contributed by atoms with E-state index in [1.165, 1.54) is 6.26 Å². The molecule has 2 heterocycles. The molecule has 2 aromatic rings. The fraction of sp³-hybridized carbons (Fsp3) is 0. The highest BCUT2D eigenvalue weighted by molar-refractivity contribution is 6.03. The maximum atomic E-state index is 11.2. The fourth-order valence-corrected chi connectivity index (χ4v) is 1.82. The van der Waals surface area contributed by atoms with Gasteiger partial charge in [0.05, 0.1) is 11.1 Å². The van der Waals surface area contributed by atoms with E-state index < -0.39 is 5.91 Å². The highest BCUT2D eigenvalue weighted by Crippen LogP contribution is 2.33. The first kappa shape index (κ1) is 8.11. The summed E-state index contributed by atoms with van der Waals surface area (Å²) in [6.45, 7) is 0. The molecule has 4 nitrogen and oxygen atoms in total. The Balaban J connectivity index is 2.46. The van der Waals surface area contributed by atoms with Gasteiger partial charge in [-0.15, -0.1) is 0 Å². The zero-order valence-electron chi connectivity index (χ0n) is 7.81. The minimum Gasteiger partial charge on any atom is -0.460 e. The van der Waals surface area contributed by atoms with Crippen LogP contribution in [0.4, 0.5) is 0 Å². The van der Waals surface area contributed by atoms with Crippen LogP contribution in [0.15, 0.2) is 30.7 Å². The fourth-order valence-electron chi connectivity index (χ4n) is 1.82. The van der Waals surface area contributed by atoms with Crippen LogP contribution in [0, 0.1) is 0 Å². The predicted octanol–water partition coefficient (Wildman–Crippen LogP) is 1.56. The molecule has 0 bridgehead atoms. The Bertz CT molecular complexity index is 596. The van der Waals surface area contributed by atoms with Crippen molar-refractivity contribution in [2.75, 3.05) is 0 Å². The molecule has 0 fully saturated rings. The first-order valence-corrected chi connectivity index (χ1v) is 4.54. The molecular weight excluding hydrogens is 192 g/mol. The van der Waals surface area contributed by atoms with E-state index in [9.17, 15) is 4.79 Å². The molecule has 2 N–H and O–H groups in total. The first-order chi connectivity index (χ1) is 7.27. The monoisotopic (exact) mass is 200 g/mol. The number of hydrogen-bond acceptors (Lipinski definition) is 2. The lowest BCUT2D eigenvalue weighted by Gasteiger charge is -2.13. The molecular formula is C11H8N2O2. The summed E-state index contributed by atoms with van der Waals surface area (Å²) in [5, 5.41) is 1.03. The van der Waals surface area contributed by atoms with Crippen LogP contribution in [-0.2, 0) is 0 Å². The van der Waals surface area contributed by atoms with Crippen molar-refractivity contribution in [1.29, 1.82) is 0 Å². The molecule has 1 aliphatic rings. The largest absolute Gasteiger partial charge is 0.460 e. The van der Waals surface area contributed by atoms with Gasteiger partial charge in [-0.1, -0.05) is 6.07 Å². The highest BCUT2D eigenvalue weighted by Gasteiger charge is 2.17. The Hall–Kier alpha value is -2.23. The standard InChI is InChI=1S/C11H8N2O2/c12-11(14)8-2-1-7-3-4-13-5-6-15-10(8)9(7)13/h1-6H,(H2,12,14). The number of aromatic nitrogens is 1. The van der Waals surface area contributed by atoms with Crippen molar-refractivity contribution in [3.63, 3.8) is 0 Å². The summed E-state index contributed by atoms with van der Waals surface area (Å²) < 4.78 is 7.25. The quantitative estimate of drug-likeness (QED) is 0.759. The van der Waals surface area contributed by atoms with Gasteiger partial charge in [0.15, 0.2) is 5.75 Å². The molecule has 1 aromatic carbocycles. The second-order valence-electron chi connectivity index (χ2n) is 3.37. The van der Waals surface area contributed by atoms with Gasteiger partial charge in [0, 0.05) is 17.8 Å². The van der Waals surface area contributed by atoms with E-state index in [-0.39, 0.29) is 0 Å². The van der Waals surface area contributed by atoms with E-state index in [1.54, 1.807) is 12.3 Å². The van der Waals surface area contributed by atoms with Crippen LogP contribution >= 0.6 is 0 Å². The summed E-state index contributed by atoms with van der Waals surface area (Å²) in [5.74, 6) is 0.0578. The Kier molecular flexibility index (Phi) is 1.42. The number of ether oxygens (including phenoxy) is 1. The SMILES string of the molecule is NC(=O)c1ccc2ccn3c2c1OC=C3. The van der Waals surface area contributed by atoms with Crippen molar-refractivity contribution in [2.45, 2.75) is 0 Å². The molecule has 4 heteroatoms. The number of benzene rings is 1. The van der Waals surface area contributed by atoms with E-state index in [4.69, 9.17) is 10.5 Å². The molecule has 74 valence electrons. The van der Waals surface area contributed by atoms with Crippen LogP contribution in [0.5, 0.6) is 5.75 Å². The van der Waals surface area contributed by atoms with Gasteiger partial charge in [-0.05, 0) is 12.1 Å². The van der Waals surface area contributed by atoms with Gasteiger partial charge in [0.25, 0.3) is 5.91 Å². The van der Waals surface area contributed by atoms with Crippen LogP contribution in [0.1, 0.15) is 10.4 Å². The zero-order chi connectivity index (χ0) is 10.4. The van der Waals surface area contributed by atoms with Crippen LogP contribution in [0.25, 0.3) is 17.1 Å². The molecule has 0 unspecified atom stereocenters. The smallest absolute Gasteiger partial charge is 0.252 e. The average Bonchev–Trinajstić information content (AvgIpc) is 2.64. The van der Waals surface area contributed by atoms with Gasteiger partial charge >= 0.3 is 0 Å². The normalized spacial score (nSPS) is 12.8. The van der Waals surface area contributed by atoms with Gasteiger partial charge in [-0.25, -0.2) is 0 Å². The summed E-state index contributed by atoms with van der Waals surface area (Å²) in [4.78, 5) is 11.2. The molecule has 1 aliphatic heterocycles. The second kappa shape index (κ2) is 2.63. The van der Waals surface area contributed by atoms with E-state index in [0.29, 0.717) is 11.3 Å². The number of hydrogen-bond donors (Lipinski definition) is 1. The highest BCUT2D eigenvalue weighted by atomic mass is 16.5. The molecule has 0 radical (unpaired) electrons. The summed E-state index contributed by atoms with van der Waals surface area (Å²) in [5.41, 5.74) is 6.56. The predicted molar refractivity (Wildman–Crippen MR) is 56.4 cm³/mol. The average molecular weight is 200 g/mol. The maximum Gasteiger partial charge on any atom is 0.252 e. The van der Waals surface area contributed by atoms with Crippen molar-refractivity contribution >= 4 is 23.0 Å². The molecule has 0 spiro atoms. The van der Waals surface area contributed by atoms with E-state index >= 15 is 0 Å². The third kappa shape index (κ3) is 0.985. The summed E-state index contributed by atoms with van der Waals surface area (Å²) in [6, 6.07) is 5.50. The molecule has 0 aliphatic carbocycles. The van der Waals surface area contributed by atoms with Gasteiger partial charge < -0.3 is 15.0 Å². The molecule has 0 saturated carbocycles. The Morgan fingerprint density at radius 1 is 1.33 bits per heavy atom. The zero-order valence-corrected chi connectivity index (χ0v) is 7.81. The second-order valence-corrected chi connectivity index (χ2v) is 3.37. The molecule has 1 amide bonds. The van der Waals surface area contributed by atoms with Crippen molar-refractivity contribution in [2.24, 2.45) is 5.73 Å². The minimum absolute atomic E-state index is 0.409. The summed E-state index contributed by atoms with van der Waals surface area (Å²) in [6.07, 6.45) is 5.24. The Labute approximate surface area is 85.5 Å². The van der Waals surface area contributed by atoms with Crippen LogP contribution in [0.2, 0.25) is 0 Å².